The molecule has 1 N–H and O–H groups in total. The highest BCUT2D eigenvalue weighted by molar-refractivity contribution is 5.75. The Morgan fingerprint density at radius 3 is 2.75 bits per heavy atom. The highest BCUT2D eigenvalue weighted by Gasteiger charge is 2.28. The lowest BCUT2D eigenvalue weighted by atomic mass is 10.1. The number of carbonyl (C=O) groups is 1. The first kappa shape index (κ1) is 16.4. The van der Waals surface area contributed by atoms with Crippen molar-refractivity contribution in [3.05, 3.63) is 65.7 Å². The van der Waals surface area contributed by atoms with Crippen LogP contribution in [-0.4, -0.2) is 42.2 Å². The Morgan fingerprint density at radius 2 is 2.00 bits per heavy atom. The van der Waals surface area contributed by atoms with E-state index in [1.807, 2.05) is 12.1 Å². The summed E-state index contributed by atoms with van der Waals surface area (Å²) in [6.45, 7) is 2.00. The van der Waals surface area contributed by atoms with Crippen LogP contribution in [0.5, 0.6) is 0 Å². The number of nitrogens with one attached hydrogen (secondary N) is 1. The van der Waals surface area contributed by atoms with E-state index in [-0.39, 0.29) is 17.9 Å². The third kappa shape index (κ3) is 4.08. The van der Waals surface area contributed by atoms with Gasteiger partial charge in [-0.1, -0.05) is 12.1 Å². The van der Waals surface area contributed by atoms with E-state index in [0.717, 1.165) is 17.5 Å². The third-order valence-corrected chi connectivity index (χ3v) is 4.08. The van der Waals surface area contributed by atoms with Crippen LogP contribution in [0.2, 0.25) is 0 Å². The normalized spacial score (nSPS) is 17.5. The third-order valence-electron chi connectivity index (χ3n) is 4.08. The molecule has 1 saturated heterocycles. The number of aromatic nitrogens is 1. The van der Waals surface area contributed by atoms with Gasteiger partial charge in [0.2, 0.25) is 0 Å². The number of nitrogens with zero attached hydrogens (tertiary/aromatic N) is 2. The molecule has 0 bridgehead atoms. The van der Waals surface area contributed by atoms with Gasteiger partial charge in [0, 0.05) is 25.5 Å². The van der Waals surface area contributed by atoms with Crippen molar-refractivity contribution in [1.82, 2.24) is 15.2 Å². The molecule has 1 aliphatic heterocycles. The molecule has 1 aliphatic rings. The summed E-state index contributed by atoms with van der Waals surface area (Å²) >= 11 is 0. The first-order valence-corrected chi connectivity index (χ1v) is 8.00. The minimum Gasteiger partial charge on any atom is -0.377 e. The van der Waals surface area contributed by atoms with Crippen molar-refractivity contribution in [2.75, 3.05) is 26.3 Å². The maximum Gasteiger partial charge on any atom is 0.318 e. The molecular formula is C18H20FN3O2. The number of hydrogen-bond donors (Lipinski definition) is 1. The van der Waals surface area contributed by atoms with Crippen LogP contribution in [-0.2, 0) is 11.2 Å². The number of halogens is 1. The molecule has 2 heterocycles. The Balaban J connectivity index is 1.60. The van der Waals surface area contributed by atoms with Crippen molar-refractivity contribution in [3.63, 3.8) is 0 Å². The molecule has 1 atom stereocenters. The Morgan fingerprint density at radius 1 is 1.25 bits per heavy atom. The molecular weight excluding hydrogens is 309 g/mol. The van der Waals surface area contributed by atoms with E-state index >= 15 is 0 Å². The summed E-state index contributed by atoms with van der Waals surface area (Å²) in [6, 6.07) is 9.76. The van der Waals surface area contributed by atoms with Crippen molar-refractivity contribution < 1.29 is 13.9 Å². The van der Waals surface area contributed by atoms with Gasteiger partial charge >= 0.3 is 6.03 Å². The molecule has 1 aromatic carbocycles. The van der Waals surface area contributed by atoms with Gasteiger partial charge in [-0.05, 0) is 41.8 Å². The van der Waals surface area contributed by atoms with Crippen LogP contribution in [0.1, 0.15) is 17.2 Å². The highest BCUT2D eigenvalue weighted by Crippen LogP contribution is 2.24. The lowest BCUT2D eigenvalue weighted by Crippen LogP contribution is -2.48. The molecule has 1 fully saturated rings. The van der Waals surface area contributed by atoms with Gasteiger partial charge in [0.15, 0.2) is 0 Å². The Hall–Kier alpha value is -2.47. The molecule has 6 heteroatoms. The lowest BCUT2D eigenvalue weighted by Gasteiger charge is -2.35. The average molecular weight is 329 g/mol. The van der Waals surface area contributed by atoms with Crippen LogP contribution in [0.3, 0.4) is 0 Å². The van der Waals surface area contributed by atoms with Crippen molar-refractivity contribution in [2.45, 2.75) is 12.5 Å². The van der Waals surface area contributed by atoms with Crippen LogP contribution < -0.4 is 5.32 Å². The number of rotatable bonds is 4. The predicted molar refractivity (Wildman–Crippen MR) is 88.0 cm³/mol. The zero-order valence-electron chi connectivity index (χ0n) is 13.3. The molecule has 5 nitrogen and oxygen atoms in total. The zero-order valence-corrected chi connectivity index (χ0v) is 13.3. The predicted octanol–water partition coefficient (Wildman–Crippen LogP) is 2.55. The molecule has 3 rings (SSSR count). The van der Waals surface area contributed by atoms with Crippen molar-refractivity contribution in [3.8, 4) is 0 Å². The van der Waals surface area contributed by atoms with E-state index in [2.05, 4.69) is 10.3 Å². The summed E-state index contributed by atoms with van der Waals surface area (Å²) in [5, 5.41) is 2.95. The van der Waals surface area contributed by atoms with Gasteiger partial charge in [-0.15, -0.1) is 0 Å². The molecule has 0 aliphatic carbocycles. The Kier molecular flexibility index (Phi) is 5.38. The summed E-state index contributed by atoms with van der Waals surface area (Å²) in [4.78, 5) is 18.2. The minimum absolute atomic E-state index is 0.123. The summed E-state index contributed by atoms with van der Waals surface area (Å²) in [5.74, 6) is -0.288. The van der Waals surface area contributed by atoms with Gasteiger partial charge in [0.25, 0.3) is 0 Å². The molecule has 1 aromatic heterocycles. The van der Waals surface area contributed by atoms with E-state index in [4.69, 9.17) is 4.74 Å². The second-order valence-electron chi connectivity index (χ2n) is 5.67. The maximum absolute atomic E-state index is 13.1. The SMILES string of the molecule is O=C(NCCc1ccncc1)N1CCOCC1c1ccc(F)cc1. The lowest BCUT2D eigenvalue weighted by molar-refractivity contribution is 0.0117. The van der Waals surface area contributed by atoms with Gasteiger partial charge < -0.3 is 15.0 Å². The molecule has 2 amide bonds. The number of amides is 2. The Bertz CT molecular complexity index is 664. The van der Waals surface area contributed by atoms with Crippen molar-refractivity contribution in [2.24, 2.45) is 0 Å². The minimum atomic E-state index is -0.288. The van der Waals surface area contributed by atoms with Crippen LogP contribution >= 0.6 is 0 Å². The van der Waals surface area contributed by atoms with Gasteiger partial charge in [-0.25, -0.2) is 9.18 Å². The summed E-state index contributed by atoms with van der Waals surface area (Å²) in [7, 11) is 0. The fourth-order valence-corrected chi connectivity index (χ4v) is 2.77. The fraction of sp³-hybridized carbons (Fsp3) is 0.333. The largest absolute Gasteiger partial charge is 0.377 e. The van der Waals surface area contributed by atoms with E-state index < -0.39 is 0 Å². The van der Waals surface area contributed by atoms with E-state index in [1.54, 1.807) is 29.4 Å². The molecule has 126 valence electrons. The van der Waals surface area contributed by atoms with Crippen LogP contribution in [0, 0.1) is 5.82 Å². The molecule has 24 heavy (non-hydrogen) atoms. The number of benzene rings is 1. The van der Waals surface area contributed by atoms with Gasteiger partial charge in [-0.2, -0.15) is 0 Å². The van der Waals surface area contributed by atoms with Gasteiger partial charge in [0.05, 0.1) is 19.3 Å². The summed E-state index contributed by atoms with van der Waals surface area (Å²) < 4.78 is 18.6. The number of morpholine rings is 1. The zero-order chi connectivity index (χ0) is 16.8. The molecule has 0 saturated carbocycles. The fourth-order valence-electron chi connectivity index (χ4n) is 2.77. The second kappa shape index (κ2) is 7.88. The smallest absolute Gasteiger partial charge is 0.318 e. The van der Waals surface area contributed by atoms with E-state index in [9.17, 15) is 9.18 Å². The van der Waals surface area contributed by atoms with Crippen LogP contribution in [0.25, 0.3) is 0 Å². The number of carbonyl (C=O) groups excluding carboxylic acids is 1. The topological polar surface area (TPSA) is 54.5 Å². The van der Waals surface area contributed by atoms with Crippen molar-refractivity contribution in [1.29, 1.82) is 0 Å². The number of urea groups is 1. The monoisotopic (exact) mass is 329 g/mol. The van der Waals surface area contributed by atoms with Gasteiger partial charge in [0.1, 0.15) is 5.82 Å². The molecule has 0 spiro atoms. The number of hydrogen-bond acceptors (Lipinski definition) is 3. The maximum atomic E-state index is 13.1. The quantitative estimate of drug-likeness (QED) is 0.938. The summed E-state index contributed by atoms with van der Waals surface area (Å²) in [6.07, 6.45) is 4.23. The average Bonchev–Trinajstić information content (AvgIpc) is 2.63. The summed E-state index contributed by atoms with van der Waals surface area (Å²) in [5.41, 5.74) is 2.00. The first-order valence-electron chi connectivity index (χ1n) is 8.00. The molecule has 1 unspecified atom stereocenters. The number of pyridine rings is 1. The molecule has 2 aromatic rings. The highest BCUT2D eigenvalue weighted by atomic mass is 19.1. The van der Waals surface area contributed by atoms with Crippen molar-refractivity contribution >= 4 is 6.03 Å². The first-order chi connectivity index (χ1) is 11.7. The standard InChI is InChI=1S/C18H20FN3O2/c19-16-3-1-15(2-4-16)17-13-24-12-11-22(17)18(23)21-10-7-14-5-8-20-9-6-14/h1-6,8-9,17H,7,10-13H2,(H,21,23). The van der Waals surface area contributed by atoms with Gasteiger partial charge in [-0.3, -0.25) is 4.98 Å². The van der Waals surface area contributed by atoms with Crippen LogP contribution in [0.4, 0.5) is 9.18 Å². The van der Waals surface area contributed by atoms with E-state index in [1.165, 1.54) is 12.1 Å². The number of ether oxygens (including phenoxy) is 1. The van der Waals surface area contributed by atoms with Crippen LogP contribution in [0.15, 0.2) is 48.8 Å². The van der Waals surface area contributed by atoms with E-state index in [0.29, 0.717) is 26.3 Å². The second-order valence-corrected chi connectivity index (χ2v) is 5.67. The Labute approximate surface area is 140 Å². The molecule has 0 radical (unpaired) electrons.